The maximum absolute atomic E-state index is 12.7. The quantitative estimate of drug-likeness (QED) is 0.691. The van der Waals surface area contributed by atoms with Crippen LogP contribution in [-0.2, 0) is 11.2 Å². The molecule has 1 saturated heterocycles. The van der Waals surface area contributed by atoms with Crippen LogP contribution in [0.25, 0.3) is 0 Å². The molecule has 1 atom stereocenters. The van der Waals surface area contributed by atoms with E-state index in [0.29, 0.717) is 24.7 Å². The van der Waals surface area contributed by atoms with Gasteiger partial charge in [0.2, 0.25) is 11.9 Å². The fraction of sp³-hybridized carbons (Fsp3) is 0.286. The third kappa shape index (κ3) is 4.66. The Hall–Kier alpha value is -3.55. The molecule has 0 radical (unpaired) electrons. The highest BCUT2D eigenvalue weighted by molar-refractivity contribution is 5.79. The van der Waals surface area contributed by atoms with Gasteiger partial charge in [-0.1, -0.05) is 12.1 Å². The number of methoxy groups -OCH3 is 1. The van der Waals surface area contributed by atoms with Gasteiger partial charge < -0.3 is 15.0 Å². The largest absolute Gasteiger partial charge is 0.497 e. The molecule has 1 aliphatic heterocycles. The molecule has 3 heterocycles. The van der Waals surface area contributed by atoms with E-state index in [-0.39, 0.29) is 11.8 Å². The monoisotopic (exact) mass is 390 g/mol. The predicted molar refractivity (Wildman–Crippen MR) is 108 cm³/mol. The Morgan fingerprint density at radius 1 is 1.17 bits per heavy atom. The molecule has 1 amide bonds. The molecule has 1 aliphatic rings. The summed E-state index contributed by atoms with van der Waals surface area (Å²) >= 11 is 0. The second-order valence-electron chi connectivity index (χ2n) is 6.87. The van der Waals surface area contributed by atoms with Crippen LogP contribution in [-0.4, -0.2) is 50.9 Å². The van der Waals surface area contributed by atoms with Gasteiger partial charge in [-0.25, -0.2) is 15.0 Å². The van der Waals surface area contributed by atoms with Crippen LogP contribution in [0.5, 0.6) is 5.75 Å². The van der Waals surface area contributed by atoms with Gasteiger partial charge >= 0.3 is 0 Å². The first-order valence-electron chi connectivity index (χ1n) is 9.48. The molecule has 0 bridgehead atoms. The van der Waals surface area contributed by atoms with Crippen molar-refractivity contribution in [2.75, 3.05) is 25.5 Å². The fourth-order valence-corrected chi connectivity index (χ4v) is 3.40. The number of nitrogens with one attached hydrogen (secondary N) is 1. The zero-order valence-electron chi connectivity index (χ0n) is 16.2. The maximum Gasteiger partial charge on any atom is 0.228 e. The van der Waals surface area contributed by atoms with Gasteiger partial charge in [-0.05, 0) is 30.2 Å². The summed E-state index contributed by atoms with van der Waals surface area (Å²) in [4.78, 5) is 31.6. The van der Waals surface area contributed by atoms with Gasteiger partial charge in [-0.2, -0.15) is 0 Å². The van der Waals surface area contributed by atoms with Crippen molar-refractivity contribution in [2.45, 2.75) is 18.8 Å². The van der Waals surface area contributed by atoms with E-state index in [9.17, 15) is 4.79 Å². The molecule has 1 N–H and O–H groups in total. The van der Waals surface area contributed by atoms with E-state index in [1.54, 1.807) is 31.9 Å². The summed E-state index contributed by atoms with van der Waals surface area (Å²) in [6.07, 6.45) is 7.83. The predicted octanol–water partition coefficient (Wildman–Crippen LogP) is 2.58. The van der Waals surface area contributed by atoms with E-state index in [1.165, 1.54) is 0 Å². The van der Waals surface area contributed by atoms with Gasteiger partial charge in [-0.3, -0.25) is 9.78 Å². The van der Waals surface area contributed by atoms with Crippen LogP contribution in [0.3, 0.4) is 0 Å². The lowest BCUT2D eigenvalue weighted by Gasteiger charge is -2.17. The van der Waals surface area contributed by atoms with Crippen molar-refractivity contribution in [1.82, 2.24) is 24.8 Å². The van der Waals surface area contributed by atoms with E-state index in [1.807, 2.05) is 35.2 Å². The van der Waals surface area contributed by atoms with Crippen molar-refractivity contribution >= 4 is 17.7 Å². The van der Waals surface area contributed by atoms with Crippen LogP contribution < -0.4 is 10.1 Å². The average Bonchev–Trinajstić information content (AvgIpc) is 3.26. The molecule has 29 heavy (non-hydrogen) atoms. The molecule has 4 rings (SSSR count). The summed E-state index contributed by atoms with van der Waals surface area (Å²) in [6.45, 7) is 1.40. The topological polar surface area (TPSA) is 93.1 Å². The Bertz CT molecular complexity index is 964. The molecule has 2 aromatic heterocycles. The zero-order valence-corrected chi connectivity index (χ0v) is 16.2. The van der Waals surface area contributed by atoms with Crippen molar-refractivity contribution in [3.63, 3.8) is 0 Å². The van der Waals surface area contributed by atoms with Gasteiger partial charge in [-0.15, -0.1) is 0 Å². The number of ether oxygens (including phenoxy) is 1. The number of benzene rings is 1. The molecular weight excluding hydrogens is 368 g/mol. The number of hydrogen-bond acceptors (Lipinski definition) is 7. The summed E-state index contributed by atoms with van der Waals surface area (Å²) in [5.74, 6) is 2.18. The van der Waals surface area contributed by atoms with E-state index >= 15 is 0 Å². The minimum Gasteiger partial charge on any atom is -0.497 e. The second kappa shape index (κ2) is 8.64. The first-order valence-corrected chi connectivity index (χ1v) is 9.48. The van der Waals surface area contributed by atoms with Crippen LogP contribution >= 0.6 is 0 Å². The number of anilines is 2. The Morgan fingerprint density at radius 3 is 2.79 bits per heavy atom. The van der Waals surface area contributed by atoms with Crippen molar-refractivity contribution in [2.24, 2.45) is 0 Å². The zero-order chi connectivity index (χ0) is 20.1. The number of rotatable bonds is 6. The van der Waals surface area contributed by atoms with E-state index in [2.05, 4.69) is 25.3 Å². The summed E-state index contributed by atoms with van der Waals surface area (Å²) in [6, 6.07) is 9.52. The Labute approximate surface area is 169 Å². The third-order valence-electron chi connectivity index (χ3n) is 4.95. The first-order chi connectivity index (χ1) is 14.2. The van der Waals surface area contributed by atoms with Crippen LogP contribution in [0.15, 0.2) is 55.1 Å². The fourth-order valence-electron chi connectivity index (χ4n) is 3.40. The van der Waals surface area contributed by atoms with Gasteiger partial charge in [0, 0.05) is 37.6 Å². The third-order valence-corrected chi connectivity index (χ3v) is 4.95. The van der Waals surface area contributed by atoms with Gasteiger partial charge in [0.15, 0.2) is 5.82 Å². The Balaban J connectivity index is 1.37. The first kappa shape index (κ1) is 18.8. The number of carbonyl (C=O) groups excluding carboxylic acids is 1. The number of aromatic nitrogens is 4. The second-order valence-corrected chi connectivity index (χ2v) is 6.87. The number of likely N-dealkylation sites (tertiary alicyclic amines) is 1. The number of hydrogen-bond donors (Lipinski definition) is 1. The number of amides is 1. The molecule has 148 valence electrons. The molecule has 1 unspecified atom stereocenters. The standard InChI is InChI=1S/C21H22N6O2/c1-29-17-4-2-15(3-5-17)12-20(28)27-11-7-16(14-27)18-6-8-24-21(25-18)26-19-13-22-9-10-23-19/h2-6,8-10,13,16H,7,11-12,14H2,1H3,(H,23,24,25,26). The van der Waals surface area contributed by atoms with Crippen LogP contribution in [0.1, 0.15) is 23.6 Å². The highest BCUT2D eigenvalue weighted by Crippen LogP contribution is 2.27. The summed E-state index contributed by atoms with van der Waals surface area (Å²) < 4.78 is 5.16. The molecule has 0 saturated carbocycles. The number of carbonyl (C=O) groups is 1. The van der Waals surface area contributed by atoms with Crippen LogP contribution in [0.2, 0.25) is 0 Å². The summed E-state index contributed by atoms with van der Waals surface area (Å²) in [7, 11) is 1.63. The van der Waals surface area contributed by atoms with Crippen molar-refractivity contribution in [1.29, 1.82) is 0 Å². The average molecular weight is 390 g/mol. The van der Waals surface area contributed by atoms with Crippen LogP contribution in [0, 0.1) is 0 Å². The smallest absolute Gasteiger partial charge is 0.228 e. The molecule has 8 nitrogen and oxygen atoms in total. The lowest BCUT2D eigenvalue weighted by molar-refractivity contribution is -0.129. The minimum absolute atomic E-state index is 0.129. The highest BCUT2D eigenvalue weighted by atomic mass is 16.5. The van der Waals surface area contributed by atoms with E-state index in [0.717, 1.165) is 30.0 Å². The lowest BCUT2D eigenvalue weighted by Crippen LogP contribution is -2.30. The molecule has 0 spiro atoms. The van der Waals surface area contributed by atoms with E-state index in [4.69, 9.17) is 4.74 Å². The van der Waals surface area contributed by atoms with Crippen molar-refractivity contribution < 1.29 is 9.53 Å². The Kier molecular flexibility index (Phi) is 5.60. The van der Waals surface area contributed by atoms with Gasteiger partial charge in [0.05, 0.1) is 25.4 Å². The Morgan fingerprint density at radius 2 is 2.03 bits per heavy atom. The molecule has 3 aromatic rings. The van der Waals surface area contributed by atoms with Gasteiger partial charge in [0.1, 0.15) is 5.75 Å². The molecular formula is C21H22N6O2. The molecule has 8 heteroatoms. The van der Waals surface area contributed by atoms with Crippen molar-refractivity contribution in [3.05, 3.63) is 66.4 Å². The van der Waals surface area contributed by atoms with Crippen molar-refractivity contribution in [3.8, 4) is 5.75 Å². The lowest BCUT2D eigenvalue weighted by atomic mass is 10.1. The minimum atomic E-state index is 0.129. The molecule has 1 fully saturated rings. The van der Waals surface area contributed by atoms with Gasteiger partial charge in [0.25, 0.3) is 0 Å². The molecule has 1 aromatic carbocycles. The summed E-state index contributed by atoms with van der Waals surface area (Å²) in [5, 5.41) is 3.06. The summed E-state index contributed by atoms with van der Waals surface area (Å²) in [5.41, 5.74) is 1.91. The normalized spacial score (nSPS) is 15.9. The SMILES string of the molecule is COc1ccc(CC(=O)N2CCC(c3ccnc(Nc4cnccn4)n3)C2)cc1. The maximum atomic E-state index is 12.7. The van der Waals surface area contributed by atoms with Crippen LogP contribution in [0.4, 0.5) is 11.8 Å². The molecule has 0 aliphatic carbocycles. The van der Waals surface area contributed by atoms with E-state index < -0.39 is 0 Å². The number of nitrogens with zero attached hydrogens (tertiary/aromatic N) is 5. The highest BCUT2D eigenvalue weighted by Gasteiger charge is 2.28.